The van der Waals surface area contributed by atoms with Gasteiger partial charge in [0.25, 0.3) is 0 Å². The molecule has 8 atom stereocenters. The molecule has 0 amide bonds. The van der Waals surface area contributed by atoms with E-state index in [1.54, 1.807) is 0 Å². The Bertz CT molecular complexity index is 914. The number of rotatable bonds is 4. The lowest BCUT2D eigenvalue weighted by molar-refractivity contribution is -0.142. The molecule has 4 aliphatic carbocycles. The molecule has 1 aliphatic heterocycles. The van der Waals surface area contributed by atoms with Crippen molar-refractivity contribution in [2.45, 2.75) is 83.8 Å². The summed E-state index contributed by atoms with van der Waals surface area (Å²) in [6, 6.07) is 11.8. The molecule has 5 fully saturated rings. The van der Waals surface area contributed by atoms with Crippen LogP contribution < -0.4 is 0 Å². The van der Waals surface area contributed by atoms with Crippen LogP contribution in [0.2, 0.25) is 0 Å². The van der Waals surface area contributed by atoms with E-state index in [0.717, 1.165) is 63.4 Å². The number of hydrogen-bond acceptors (Lipinski definition) is 4. The fourth-order valence-electron chi connectivity index (χ4n) is 9.63. The highest BCUT2D eigenvalue weighted by Gasteiger charge is 2.63. The van der Waals surface area contributed by atoms with E-state index in [0.29, 0.717) is 23.2 Å². The van der Waals surface area contributed by atoms with E-state index in [9.17, 15) is 4.79 Å². The molecule has 1 saturated heterocycles. The van der Waals surface area contributed by atoms with Gasteiger partial charge in [-0.25, -0.2) is 0 Å². The Morgan fingerprint density at radius 2 is 1.74 bits per heavy atom. The molecule has 0 unspecified atom stereocenters. The van der Waals surface area contributed by atoms with Crippen molar-refractivity contribution >= 4 is 5.78 Å². The highest BCUT2D eigenvalue weighted by molar-refractivity contribution is 5.92. The highest BCUT2D eigenvalue weighted by Crippen LogP contribution is 2.66. The minimum Gasteiger partial charge on any atom is -0.379 e. The minimum atomic E-state index is -0.0829. The van der Waals surface area contributed by atoms with Gasteiger partial charge >= 0.3 is 0 Å². The van der Waals surface area contributed by atoms with E-state index in [-0.39, 0.29) is 11.5 Å². The van der Waals surface area contributed by atoms with E-state index >= 15 is 0 Å². The third-order valence-electron chi connectivity index (χ3n) is 11.8. The number of Topliss-reactive ketones (excluding diaryl/α,β-unsaturated/α-hetero) is 1. The average molecular weight is 479 g/mol. The summed E-state index contributed by atoms with van der Waals surface area (Å²) in [4.78, 5) is 18.9. The Morgan fingerprint density at radius 3 is 2.51 bits per heavy atom. The van der Waals surface area contributed by atoms with E-state index in [2.05, 4.69) is 61.0 Å². The third kappa shape index (κ3) is 4.03. The van der Waals surface area contributed by atoms with Crippen LogP contribution in [0.15, 0.2) is 30.3 Å². The number of benzene rings is 1. The van der Waals surface area contributed by atoms with Crippen LogP contribution in [-0.4, -0.2) is 61.0 Å². The predicted octanol–water partition coefficient (Wildman–Crippen LogP) is 5.41. The average Bonchev–Trinajstić information content (AvgIpc) is 3.15. The van der Waals surface area contributed by atoms with Crippen molar-refractivity contribution in [3.63, 3.8) is 0 Å². The van der Waals surface area contributed by atoms with Crippen molar-refractivity contribution in [1.82, 2.24) is 9.80 Å². The number of ketones is 1. The first-order valence-corrected chi connectivity index (χ1v) is 14.5. The molecule has 1 aromatic rings. The molecule has 6 rings (SSSR count). The highest BCUT2D eigenvalue weighted by atomic mass is 16.5. The topological polar surface area (TPSA) is 32.8 Å². The number of morpholine rings is 1. The summed E-state index contributed by atoms with van der Waals surface area (Å²) in [5.41, 5.74) is 1.81. The largest absolute Gasteiger partial charge is 0.379 e. The molecule has 0 N–H and O–H groups in total. The molecule has 1 aromatic carbocycles. The van der Waals surface area contributed by atoms with Crippen LogP contribution in [0, 0.1) is 34.5 Å². The van der Waals surface area contributed by atoms with E-state index < -0.39 is 0 Å². The van der Waals surface area contributed by atoms with E-state index in [1.807, 2.05) is 0 Å². The van der Waals surface area contributed by atoms with Crippen molar-refractivity contribution in [2.24, 2.45) is 34.5 Å². The van der Waals surface area contributed by atoms with Gasteiger partial charge in [0.1, 0.15) is 0 Å². The Balaban J connectivity index is 1.16. The van der Waals surface area contributed by atoms with Crippen molar-refractivity contribution < 1.29 is 9.53 Å². The fraction of sp³-hybridized carbons (Fsp3) is 0.774. The van der Waals surface area contributed by atoms with Gasteiger partial charge in [0, 0.05) is 31.1 Å². The van der Waals surface area contributed by atoms with Crippen molar-refractivity contribution in [2.75, 3.05) is 33.4 Å². The van der Waals surface area contributed by atoms with Crippen molar-refractivity contribution in [3.8, 4) is 0 Å². The summed E-state index contributed by atoms with van der Waals surface area (Å²) >= 11 is 0. The molecule has 5 aliphatic rings. The summed E-state index contributed by atoms with van der Waals surface area (Å²) in [5, 5.41) is 0. The second-order valence-corrected chi connectivity index (χ2v) is 13.2. The van der Waals surface area contributed by atoms with Gasteiger partial charge in [0.05, 0.1) is 19.3 Å². The Hall–Kier alpha value is -1.23. The molecule has 192 valence electrons. The maximum Gasteiger partial charge on any atom is 0.156 e. The molecule has 0 bridgehead atoms. The molecule has 1 heterocycles. The molecule has 0 spiro atoms. The molecule has 4 nitrogen and oxygen atoms in total. The number of nitrogens with zero attached hydrogens (tertiary/aromatic N) is 2. The van der Waals surface area contributed by atoms with Crippen LogP contribution >= 0.6 is 0 Å². The van der Waals surface area contributed by atoms with E-state index in [1.165, 1.54) is 44.1 Å². The third-order valence-corrected chi connectivity index (χ3v) is 11.8. The lowest BCUT2D eigenvalue weighted by Gasteiger charge is -2.60. The number of hydrogen-bond donors (Lipinski definition) is 0. The van der Waals surface area contributed by atoms with Crippen LogP contribution in [0.5, 0.6) is 0 Å². The maximum atomic E-state index is 13.8. The van der Waals surface area contributed by atoms with Crippen molar-refractivity contribution in [1.29, 1.82) is 0 Å². The van der Waals surface area contributed by atoms with Crippen LogP contribution in [-0.2, 0) is 16.1 Å². The number of ether oxygens (including phenoxy) is 1. The van der Waals surface area contributed by atoms with E-state index in [4.69, 9.17) is 4.74 Å². The van der Waals surface area contributed by atoms with Crippen molar-refractivity contribution in [3.05, 3.63) is 35.9 Å². The standard InChI is InChI=1S/C31H46N2O2/c1-30-13-11-24(32(3)21-22-7-5-4-6-8-22)19-23(30)9-10-25-26(30)12-14-31(2)27(25)20-28(29(31)34)33-15-17-35-18-16-33/h4-8,23-28H,9-21H2,1-3H3/t23-,24-,25+,26-,27-,28-,30-,31-/m0/s1. The van der Waals surface area contributed by atoms with Crippen LogP contribution in [0.25, 0.3) is 0 Å². The molecule has 0 aromatic heterocycles. The summed E-state index contributed by atoms with van der Waals surface area (Å²) < 4.78 is 5.60. The summed E-state index contributed by atoms with van der Waals surface area (Å²) in [6.07, 6.45) is 10.3. The quantitative estimate of drug-likeness (QED) is 0.579. The predicted molar refractivity (Wildman–Crippen MR) is 140 cm³/mol. The molecular formula is C31H46N2O2. The first-order chi connectivity index (χ1) is 16.9. The SMILES string of the molecule is CN(Cc1ccccc1)[C@H]1CC[C@@]2(C)[C@@H](CC[C@@H]3[C@@H]2CC[C@]2(C)C(=O)[C@@H](N4CCOCC4)C[C@@H]32)C1. The Morgan fingerprint density at radius 1 is 0.971 bits per heavy atom. The lowest BCUT2D eigenvalue weighted by atomic mass is 9.45. The zero-order valence-electron chi connectivity index (χ0n) is 22.3. The first-order valence-electron chi connectivity index (χ1n) is 14.5. The smallest absolute Gasteiger partial charge is 0.156 e. The van der Waals surface area contributed by atoms with Gasteiger partial charge in [0.15, 0.2) is 5.78 Å². The summed E-state index contributed by atoms with van der Waals surface area (Å²) in [5.74, 6) is 3.58. The second-order valence-electron chi connectivity index (χ2n) is 13.2. The van der Waals surface area contributed by atoms with Gasteiger partial charge in [-0.3, -0.25) is 14.6 Å². The van der Waals surface area contributed by atoms with Gasteiger partial charge in [-0.2, -0.15) is 0 Å². The van der Waals surface area contributed by atoms with Gasteiger partial charge in [-0.05, 0) is 93.1 Å². The lowest BCUT2D eigenvalue weighted by Crippen LogP contribution is -2.55. The maximum absolute atomic E-state index is 13.8. The zero-order valence-corrected chi connectivity index (χ0v) is 22.3. The van der Waals surface area contributed by atoms with Crippen LogP contribution in [0.4, 0.5) is 0 Å². The van der Waals surface area contributed by atoms with Gasteiger partial charge in [-0.1, -0.05) is 44.2 Å². The molecular weight excluding hydrogens is 432 g/mol. The van der Waals surface area contributed by atoms with Gasteiger partial charge in [0.2, 0.25) is 0 Å². The Kier molecular flexibility index (Phi) is 6.38. The van der Waals surface area contributed by atoms with Gasteiger partial charge < -0.3 is 4.74 Å². The van der Waals surface area contributed by atoms with Gasteiger partial charge in [-0.15, -0.1) is 0 Å². The zero-order chi connectivity index (χ0) is 24.2. The van der Waals surface area contributed by atoms with Crippen LogP contribution in [0.3, 0.4) is 0 Å². The molecule has 35 heavy (non-hydrogen) atoms. The first kappa shape index (κ1) is 24.1. The monoisotopic (exact) mass is 478 g/mol. The number of fused-ring (bicyclic) bond motifs is 5. The molecule has 0 radical (unpaired) electrons. The number of carbonyl (C=O) groups excluding carboxylic acids is 1. The van der Waals surface area contributed by atoms with Crippen LogP contribution in [0.1, 0.15) is 70.8 Å². The normalized spacial score (nSPS) is 44.1. The second kappa shape index (κ2) is 9.26. The minimum absolute atomic E-state index is 0.0829. The fourth-order valence-corrected chi connectivity index (χ4v) is 9.63. The summed E-state index contributed by atoms with van der Waals surface area (Å²) in [6.45, 7) is 9.51. The Labute approximate surface area is 212 Å². The molecule has 4 saturated carbocycles. The summed E-state index contributed by atoms with van der Waals surface area (Å²) in [7, 11) is 2.34. The molecule has 4 heteroatoms. The number of carbonyl (C=O) groups is 1.